The normalized spacial score (nSPS) is 18.6. The third-order valence-corrected chi connectivity index (χ3v) is 6.29. The summed E-state index contributed by atoms with van der Waals surface area (Å²) in [7, 11) is 0. The van der Waals surface area contributed by atoms with Crippen LogP contribution in [0.25, 0.3) is 10.9 Å². The van der Waals surface area contributed by atoms with Crippen LogP contribution in [0.3, 0.4) is 0 Å². The summed E-state index contributed by atoms with van der Waals surface area (Å²) in [4.78, 5) is 4.41. The van der Waals surface area contributed by atoms with Crippen molar-refractivity contribution in [1.29, 1.82) is 0 Å². The van der Waals surface area contributed by atoms with Gasteiger partial charge in [0.25, 0.3) is 0 Å². The zero-order valence-electron chi connectivity index (χ0n) is 16.0. The molecule has 0 aliphatic carbocycles. The second kappa shape index (κ2) is 9.07. The first kappa shape index (κ1) is 20.8. The molecule has 1 aromatic carbocycles. The quantitative estimate of drug-likeness (QED) is 0.560. The van der Waals surface area contributed by atoms with E-state index in [-0.39, 0.29) is 17.1 Å². The summed E-state index contributed by atoms with van der Waals surface area (Å²) in [5.41, 5.74) is 1.83. The molecule has 0 unspecified atom stereocenters. The van der Waals surface area contributed by atoms with Gasteiger partial charge >= 0.3 is 0 Å². The van der Waals surface area contributed by atoms with Crippen molar-refractivity contribution in [1.82, 2.24) is 9.71 Å². The van der Waals surface area contributed by atoms with Gasteiger partial charge in [-0.15, -0.1) is 4.72 Å². The van der Waals surface area contributed by atoms with E-state index in [2.05, 4.69) is 9.71 Å². The number of fused-ring (bicyclic) bond motifs is 1. The molecule has 1 aliphatic heterocycles. The molecule has 0 amide bonds. The van der Waals surface area contributed by atoms with E-state index in [0.717, 1.165) is 42.5 Å². The van der Waals surface area contributed by atoms with Crippen molar-refractivity contribution in [3.05, 3.63) is 41.0 Å². The molecule has 0 bridgehead atoms. The molecule has 0 spiro atoms. The fourth-order valence-electron chi connectivity index (χ4n) is 3.05. The predicted octanol–water partition coefficient (Wildman–Crippen LogP) is 4.52. The lowest BCUT2D eigenvalue weighted by molar-refractivity contribution is -0.182. The van der Waals surface area contributed by atoms with E-state index in [1.165, 1.54) is 0 Å². The van der Waals surface area contributed by atoms with E-state index in [0.29, 0.717) is 11.6 Å². The molecule has 1 aliphatic rings. The molecule has 148 valence electrons. The Morgan fingerprint density at radius 3 is 2.70 bits per heavy atom. The Morgan fingerprint density at radius 2 is 2.00 bits per heavy atom. The van der Waals surface area contributed by atoms with Gasteiger partial charge in [0.15, 0.2) is 6.29 Å². The van der Waals surface area contributed by atoms with Crippen molar-refractivity contribution >= 4 is 33.9 Å². The highest BCUT2D eigenvalue weighted by Gasteiger charge is 2.31. The van der Waals surface area contributed by atoms with Crippen LogP contribution in [0.4, 0.5) is 0 Å². The number of aromatic nitrogens is 1. The lowest BCUT2D eigenvalue weighted by Gasteiger charge is -2.30. The predicted molar refractivity (Wildman–Crippen MR) is 110 cm³/mol. The monoisotopic (exact) mass is 410 g/mol. The molecule has 5 nitrogen and oxygen atoms in total. The number of halogens is 1. The Bertz CT molecular complexity index is 762. The number of ether oxygens (including phenoxy) is 2. The van der Waals surface area contributed by atoms with Gasteiger partial charge in [-0.2, -0.15) is 0 Å². The van der Waals surface area contributed by atoms with Crippen molar-refractivity contribution in [2.75, 3.05) is 13.2 Å². The largest absolute Gasteiger partial charge is 0.598 e. The van der Waals surface area contributed by atoms with Crippen LogP contribution in [0.5, 0.6) is 0 Å². The van der Waals surface area contributed by atoms with Gasteiger partial charge in [0, 0.05) is 23.2 Å². The van der Waals surface area contributed by atoms with Crippen LogP contribution in [0.1, 0.15) is 51.6 Å². The zero-order valence-corrected chi connectivity index (χ0v) is 17.6. The molecule has 0 radical (unpaired) electrons. The number of rotatable bonds is 6. The second-order valence-electron chi connectivity index (χ2n) is 7.70. The molecule has 0 saturated carbocycles. The van der Waals surface area contributed by atoms with Gasteiger partial charge in [0.05, 0.1) is 24.8 Å². The van der Waals surface area contributed by atoms with Gasteiger partial charge in [-0.3, -0.25) is 0 Å². The summed E-state index contributed by atoms with van der Waals surface area (Å²) in [5, 5.41) is 1.44. The van der Waals surface area contributed by atoms with Gasteiger partial charge in [0.2, 0.25) is 0 Å². The van der Waals surface area contributed by atoms with Crippen molar-refractivity contribution < 1.29 is 14.0 Å². The maximum atomic E-state index is 12.8. The first-order valence-electron chi connectivity index (χ1n) is 9.31. The third-order valence-electron chi connectivity index (χ3n) is 4.49. The third kappa shape index (κ3) is 5.56. The van der Waals surface area contributed by atoms with Gasteiger partial charge in [-0.25, -0.2) is 4.98 Å². The molecule has 2 heterocycles. The highest BCUT2D eigenvalue weighted by atomic mass is 35.5. The Hall–Kier alpha value is -0.890. The summed E-state index contributed by atoms with van der Waals surface area (Å²) in [6.07, 6.45) is 2.15. The average Bonchev–Trinajstić information content (AvgIpc) is 2.64. The van der Waals surface area contributed by atoms with Gasteiger partial charge in [-0.05, 0) is 51.3 Å². The van der Waals surface area contributed by atoms with E-state index >= 15 is 0 Å². The smallest absolute Gasteiger partial charge is 0.157 e. The number of nitrogens with zero attached hydrogens (tertiary/aromatic N) is 1. The number of nitrogens with one attached hydrogen (secondary N) is 1. The number of para-hydroxylation sites is 1. The van der Waals surface area contributed by atoms with Gasteiger partial charge in [-0.1, -0.05) is 29.8 Å². The molecule has 1 saturated heterocycles. The summed E-state index contributed by atoms with van der Waals surface area (Å²) in [6.45, 7) is 7.32. The summed E-state index contributed by atoms with van der Waals surface area (Å²) >= 11 is 5.06. The standard InChI is InChI=1S/C20H27ClN2O3S/c1-20(2,3)27(24)23-17(9-10-19-25-11-6-12-26-19)15-13-18(21)22-16-8-5-4-7-14(15)16/h4-5,7-8,13,17,19,23H,6,9-12H2,1-3H3/t17-,27-/m0/s1. The number of benzene rings is 1. The van der Waals surface area contributed by atoms with E-state index < -0.39 is 11.4 Å². The van der Waals surface area contributed by atoms with Crippen LogP contribution in [-0.4, -0.2) is 33.8 Å². The molecule has 2 atom stereocenters. The molecule has 1 aromatic heterocycles. The molecule has 2 aromatic rings. The van der Waals surface area contributed by atoms with Crippen LogP contribution >= 0.6 is 11.6 Å². The Balaban J connectivity index is 1.88. The van der Waals surface area contributed by atoms with Crippen molar-refractivity contribution in [2.45, 2.75) is 57.1 Å². The average molecular weight is 411 g/mol. The second-order valence-corrected chi connectivity index (χ2v) is 10.1. The summed E-state index contributed by atoms with van der Waals surface area (Å²) < 4.78 is 27.1. The Labute approximate surface area is 169 Å². The van der Waals surface area contributed by atoms with Crippen molar-refractivity contribution in [3.8, 4) is 0 Å². The first-order chi connectivity index (χ1) is 12.8. The van der Waals surface area contributed by atoms with Crippen molar-refractivity contribution in [3.63, 3.8) is 0 Å². The van der Waals surface area contributed by atoms with E-state index in [1.807, 2.05) is 51.1 Å². The summed E-state index contributed by atoms with van der Waals surface area (Å²) in [6, 6.07) is 9.60. The molecule has 7 heteroatoms. The van der Waals surface area contributed by atoms with Crippen LogP contribution in [-0.2, 0) is 20.8 Å². The summed E-state index contributed by atoms with van der Waals surface area (Å²) in [5.74, 6) is 0. The lowest BCUT2D eigenvalue weighted by Crippen LogP contribution is -2.41. The molecular weight excluding hydrogens is 384 g/mol. The fourth-order valence-corrected chi connectivity index (χ4v) is 4.11. The fraction of sp³-hybridized carbons (Fsp3) is 0.550. The first-order valence-corrected chi connectivity index (χ1v) is 10.8. The number of hydrogen-bond acceptors (Lipinski definition) is 5. The van der Waals surface area contributed by atoms with Crippen molar-refractivity contribution in [2.24, 2.45) is 0 Å². The minimum absolute atomic E-state index is 0.149. The number of pyridine rings is 1. The maximum Gasteiger partial charge on any atom is 0.157 e. The molecular formula is C20H27ClN2O3S. The Morgan fingerprint density at radius 1 is 1.30 bits per heavy atom. The highest BCUT2D eigenvalue weighted by Crippen LogP contribution is 2.31. The number of hydrogen-bond donors (Lipinski definition) is 1. The minimum atomic E-state index is -1.22. The van der Waals surface area contributed by atoms with E-state index in [4.69, 9.17) is 21.1 Å². The van der Waals surface area contributed by atoms with E-state index in [1.54, 1.807) is 0 Å². The van der Waals surface area contributed by atoms with E-state index in [9.17, 15) is 4.55 Å². The molecule has 1 fully saturated rings. The Kier molecular flexibility index (Phi) is 7.00. The van der Waals surface area contributed by atoms with Crippen LogP contribution in [0.15, 0.2) is 30.3 Å². The SMILES string of the molecule is CC(C)(C)[S@+]([O-])N[C@@H](CCC1OCCCO1)c1cc(Cl)nc2ccccc12. The maximum absolute atomic E-state index is 12.8. The van der Waals surface area contributed by atoms with Gasteiger partial charge < -0.3 is 14.0 Å². The van der Waals surface area contributed by atoms with Crippen LogP contribution in [0, 0.1) is 0 Å². The van der Waals surface area contributed by atoms with Gasteiger partial charge in [0.1, 0.15) is 9.90 Å². The molecule has 27 heavy (non-hydrogen) atoms. The zero-order chi connectivity index (χ0) is 19.4. The molecule has 3 rings (SSSR count). The highest BCUT2D eigenvalue weighted by molar-refractivity contribution is 7.90. The molecule has 1 N–H and O–H groups in total. The van der Waals surface area contributed by atoms with Crippen LogP contribution in [0.2, 0.25) is 5.15 Å². The lowest BCUT2D eigenvalue weighted by atomic mass is 9.99. The topological polar surface area (TPSA) is 66.4 Å². The minimum Gasteiger partial charge on any atom is -0.598 e. The van der Waals surface area contributed by atoms with Crippen LogP contribution < -0.4 is 4.72 Å².